The molecule has 1 fully saturated rings. The van der Waals surface area contributed by atoms with Gasteiger partial charge in [0.2, 0.25) is 10.0 Å². The zero-order valence-corrected chi connectivity index (χ0v) is 12.7. The Hall–Kier alpha value is -0.530. The first-order valence-corrected chi connectivity index (χ1v) is 8.27. The standard InChI is InChI=1S/C12H14BrF2NO2S/c1-8-4-5-16(7-10(8)13)19(17,18)12-3-2-9(14)6-11(12)15/h2-3,6,8,10H,4-5,7H2,1H3. The molecule has 1 aromatic rings. The Morgan fingerprint density at radius 1 is 1.37 bits per heavy atom. The van der Waals surface area contributed by atoms with E-state index < -0.39 is 26.6 Å². The van der Waals surface area contributed by atoms with Gasteiger partial charge in [-0.05, 0) is 24.5 Å². The van der Waals surface area contributed by atoms with Crippen molar-refractivity contribution in [1.29, 1.82) is 0 Å². The number of sulfonamides is 1. The highest BCUT2D eigenvalue weighted by Gasteiger charge is 2.34. The average molecular weight is 354 g/mol. The fraction of sp³-hybridized carbons (Fsp3) is 0.500. The van der Waals surface area contributed by atoms with Gasteiger partial charge in [0, 0.05) is 24.0 Å². The molecule has 3 nitrogen and oxygen atoms in total. The van der Waals surface area contributed by atoms with Crippen LogP contribution in [0.3, 0.4) is 0 Å². The molecule has 2 unspecified atom stereocenters. The van der Waals surface area contributed by atoms with E-state index in [9.17, 15) is 17.2 Å². The lowest BCUT2D eigenvalue weighted by Gasteiger charge is -2.33. The summed E-state index contributed by atoms with van der Waals surface area (Å²) >= 11 is 3.43. The summed E-state index contributed by atoms with van der Waals surface area (Å²) in [5.41, 5.74) is 0. The van der Waals surface area contributed by atoms with Crippen molar-refractivity contribution in [3.63, 3.8) is 0 Å². The second-order valence-corrected chi connectivity index (χ2v) is 7.80. The minimum atomic E-state index is -3.90. The first-order valence-electron chi connectivity index (χ1n) is 5.91. The van der Waals surface area contributed by atoms with Crippen LogP contribution in [0, 0.1) is 17.6 Å². The van der Waals surface area contributed by atoms with Crippen LogP contribution in [0.1, 0.15) is 13.3 Å². The smallest absolute Gasteiger partial charge is 0.207 e. The molecular formula is C12H14BrF2NO2S. The van der Waals surface area contributed by atoms with Gasteiger partial charge in [0.05, 0.1) is 0 Å². The maximum absolute atomic E-state index is 13.6. The minimum absolute atomic E-state index is 0.0412. The number of nitrogens with zero attached hydrogens (tertiary/aromatic N) is 1. The summed E-state index contributed by atoms with van der Waals surface area (Å²) in [6, 6.07) is 2.51. The van der Waals surface area contributed by atoms with Crippen molar-refractivity contribution >= 4 is 26.0 Å². The molecule has 1 heterocycles. The van der Waals surface area contributed by atoms with Crippen molar-refractivity contribution in [2.45, 2.75) is 23.1 Å². The van der Waals surface area contributed by atoms with Crippen LogP contribution in [0.25, 0.3) is 0 Å². The van der Waals surface area contributed by atoms with Gasteiger partial charge in [-0.15, -0.1) is 0 Å². The molecule has 1 aliphatic heterocycles. The molecule has 0 amide bonds. The van der Waals surface area contributed by atoms with E-state index in [1.54, 1.807) is 0 Å². The van der Waals surface area contributed by atoms with Crippen molar-refractivity contribution in [2.75, 3.05) is 13.1 Å². The van der Waals surface area contributed by atoms with Crippen molar-refractivity contribution in [1.82, 2.24) is 4.31 Å². The Balaban J connectivity index is 2.32. The third-order valence-electron chi connectivity index (χ3n) is 3.34. The molecule has 1 aromatic carbocycles. The number of piperidine rings is 1. The summed E-state index contributed by atoms with van der Waals surface area (Å²) in [6.45, 7) is 2.67. The van der Waals surface area contributed by atoms with Crippen molar-refractivity contribution in [3.05, 3.63) is 29.8 Å². The van der Waals surface area contributed by atoms with E-state index >= 15 is 0 Å². The minimum Gasteiger partial charge on any atom is -0.207 e. The lowest BCUT2D eigenvalue weighted by Crippen LogP contribution is -2.43. The molecule has 0 aromatic heterocycles. The third kappa shape index (κ3) is 2.98. The van der Waals surface area contributed by atoms with Crippen LogP contribution in [-0.4, -0.2) is 30.6 Å². The predicted molar refractivity (Wildman–Crippen MR) is 71.6 cm³/mol. The number of alkyl halides is 1. The first-order chi connectivity index (χ1) is 8.82. The number of hydrogen-bond acceptors (Lipinski definition) is 2. The fourth-order valence-electron chi connectivity index (χ4n) is 2.04. The Bertz CT molecular complexity index is 579. The van der Waals surface area contributed by atoms with Gasteiger partial charge >= 0.3 is 0 Å². The monoisotopic (exact) mass is 353 g/mol. The quantitative estimate of drug-likeness (QED) is 0.766. The second kappa shape index (κ2) is 5.46. The maximum Gasteiger partial charge on any atom is 0.246 e. The Morgan fingerprint density at radius 3 is 2.63 bits per heavy atom. The average Bonchev–Trinajstić information content (AvgIpc) is 2.32. The first kappa shape index (κ1) is 14.9. The number of halogens is 3. The van der Waals surface area contributed by atoms with Gasteiger partial charge in [0.25, 0.3) is 0 Å². The van der Waals surface area contributed by atoms with E-state index in [1.165, 1.54) is 4.31 Å². The van der Waals surface area contributed by atoms with E-state index in [-0.39, 0.29) is 4.83 Å². The summed E-state index contributed by atoms with van der Waals surface area (Å²) < 4.78 is 52.3. The van der Waals surface area contributed by atoms with Crippen molar-refractivity contribution in [3.8, 4) is 0 Å². The molecule has 0 saturated carbocycles. The Morgan fingerprint density at radius 2 is 2.05 bits per heavy atom. The second-order valence-electron chi connectivity index (χ2n) is 4.72. The van der Waals surface area contributed by atoms with E-state index in [0.29, 0.717) is 31.5 Å². The third-order valence-corrected chi connectivity index (χ3v) is 6.43. The molecular weight excluding hydrogens is 340 g/mol. The summed E-state index contributed by atoms with van der Waals surface area (Å²) in [4.78, 5) is -0.428. The molecule has 1 saturated heterocycles. The van der Waals surface area contributed by atoms with Gasteiger partial charge in [-0.3, -0.25) is 0 Å². The summed E-state index contributed by atoms with van der Waals surface area (Å²) in [5, 5.41) is 0. The highest BCUT2D eigenvalue weighted by Crippen LogP contribution is 2.28. The van der Waals surface area contributed by atoms with Gasteiger partial charge < -0.3 is 0 Å². The highest BCUT2D eigenvalue weighted by atomic mass is 79.9. The Kier molecular flexibility index (Phi) is 4.27. The topological polar surface area (TPSA) is 37.4 Å². The lowest BCUT2D eigenvalue weighted by atomic mass is 10.0. The van der Waals surface area contributed by atoms with Crippen LogP contribution in [0.5, 0.6) is 0 Å². The molecule has 0 radical (unpaired) electrons. The highest BCUT2D eigenvalue weighted by molar-refractivity contribution is 9.09. The molecule has 106 valence electrons. The van der Waals surface area contributed by atoms with E-state index in [2.05, 4.69) is 15.9 Å². The molecule has 0 bridgehead atoms. The van der Waals surface area contributed by atoms with Crippen molar-refractivity contribution < 1.29 is 17.2 Å². The number of benzene rings is 1. The van der Waals surface area contributed by atoms with Crippen LogP contribution in [0.4, 0.5) is 8.78 Å². The van der Waals surface area contributed by atoms with Gasteiger partial charge in [0.1, 0.15) is 16.5 Å². The molecule has 0 aliphatic carbocycles. The van der Waals surface area contributed by atoms with Crippen LogP contribution in [0.2, 0.25) is 0 Å². The molecule has 0 N–H and O–H groups in total. The predicted octanol–water partition coefficient (Wildman–Crippen LogP) is 2.76. The fourth-order valence-corrected chi connectivity index (χ4v) is 4.37. The van der Waals surface area contributed by atoms with Crippen LogP contribution in [-0.2, 0) is 10.0 Å². The van der Waals surface area contributed by atoms with Crippen LogP contribution < -0.4 is 0 Å². The van der Waals surface area contributed by atoms with Crippen LogP contribution in [0.15, 0.2) is 23.1 Å². The molecule has 2 atom stereocenters. The lowest BCUT2D eigenvalue weighted by molar-refractivity contribution is 0.299. The normalized spacial score (nSPS) is 25.5. The number of rotatable bonds is 2. The molecule has 19 heavy (non-hydrogen) atoms. The van der Waals surface area contributed by atoms with E-state index in [0.717, 1.165) is 12.1 Å². The molecule has 0 spiro atoms. The Labute approximate surface area is 119 Å². The van der Waals surface area contributed by atoms with Gasteiger partial charge in [-0.1, -0.05) is 22.9 Å². The largest absolute Gasteiger partial charge is 0.246 e. The maximum atomic E-state index is 13.6. The zero-order chi connectivity index (χ0) is 14.2. The van der Waals surface area contributed by atoms with E-state index in [4.69, 9.17) is 0 Å². The molecule has 7 heteroatoms. The summed E-state index contributed by atoms with van der Waals surface area (Å²) in [6.07, 6.45) is 0.706. The zero-order valence-electron chi connectivity index (χ0n) is 10.3. The van der Waals surface area contributed by atoms with Gasteiger partial charge in [0.15, 0.2) is 0 Å². The van der Waals surface area contributed by atoms with Gasteiger partial charge in [-0.25, -0.2) is 17.2 Å². The van der Waals surface area contributed by atoms with Crippen LogP contribution >= 0.6 is 15.9 Å². The SMILES string of the molecule is CC1CCN(S(=O)(=O)c2ccc(F)cc2F)CC1Br. The molecule has 2 rings (SSSR count). The van der Waals surface area contributed by atoms with Crippen molar-refractivity contribution in [2.24, 2.45) is 5.92 Å². The summed E-state index contributed by atoms with van der Waals surface area (Å²) in [5.74, 6) is -1.48. The molecule has 1 aliphatic rings. The number of hydrogen-bond donors (Lipinski definition) is 0. The van der Waals surface area contributed by atoms with E-state index in [1.807, 2.05) is 6.92 Å². The summed E-state index contributed by atoms with van der Waals surface area (Å²) in [7, 11) is -3.90. The van der Waals surface area contributed by atoms with Gasteiger partial charge in [-0.2, -0.15) is 4.31 Å².